The molecule has 3 aliphatic carbocycles. The molecule has 1 saturated carbocycles. The van der Waals surface area contributed by atoms with Crippen LogP contribution < -0.4 is 9.47 Å². The van der Waals surface area contributed by atoms with E-state index in [-0.39, 0.29) is 35.5 Å². The number of halogens is 1. The Morgan fingerprint density at radius 2 is 1.66 bits per heavy atom. The molecule has 0 spiro atoms. The van der Waals surface area contributed by atoms with Gasteiger partial charge in [-0.05, 0) is 66.1 Å². The largest absolute Gasteiger partial charge is 0.493 e. The van der Waals surface area contributed by atoms with Crippen LogP contribution in [-0.4, -0.2) is 30.1 Å². The highest BCUT2D eigenvalue weighted by molar-refractivity contribution is 9.10. The summed E-state index contributed by atoms with van der Waals surface area (Å²) in [6, 6.07) is 13.3. The molecule has 7 heteroatoms. The van der Waals surface area contributed by atoms with E-state index in [2.05, 4.69) is 33.2 Å². The van der Waals surface area contributed by atoms with Crippen LogP contribution >= 0.6 is 15.9 Å². The molecule has 0 radical (unpaired) electrons. The molecule has 0 unspecified atom stereocenters. The summed E-state index contributed by atoms with van der Waals surface area (Å²) in [5, 5.41) is 5.33. The number of carbonyl (C=O) groups is 2. The van der Waals surface area contributed by atoms with E-state index >= 15 is 0 Å². The maximum atomic E-state index is 12.9. The second-order valence-electron chi connectivity index (χ2n) is 8.40. The molecule has 6 rings (SSSR count). The second-order valence-corrected chi connectivity index (χ2v) is 9.32. The summed E-state index contributed by atoms with van der Waals surface area (Å²) in [5.41, 5.74) is 1.76. The van der Waals surface area contributed by atoms with Crippen molar-refractivity contribution in [2.24, 2.45) is 28.8 Å². The molecule has 0 aromatic heterocycles. The summed E-state index contributed by atoms with van der Waals surface area (Å²) in [6.45, 7) is 0.410. The van der Waals surface area contributed by atoms with Gasteiger partial charge < -0.3 is 9.47 Å². The van der Waals surface area contributed by atoms with Gasteiger partial charge in [-0.3, -0.25) is 9.59 Å². The van der Waals surface area contributed by atoms with E-state index in [4.69, 9.17) is 9.47 Å². The van der Waals surface area contributed by atoms with Crippen LogP contribution in [-0.2, 0) is 16.2 Å². The van der Waals surface area contributed by atoms with Gasteiger partial charge in [0.15, 0.2) is 11.5 Å². The molecule has 0 N–H and O–H groups in total. The highest BCUT2D eigenvalue weighted by Gasteiger charge is 2.56. The summed E-state index contributed by atoms with van der Waals surface area (Å²) >= 11 is 3.42. The lowest BCUT2D eigenvalue weighted by molar-refractivity contribution is -0.140. The smallest absolute Gasteiger partial charge is 0.254 e. The summed E-state index contributed by atoms with van der Waals surface area (Å²) in [5.74, 6) is 0.594. The second kappa shape index (κ2) is 8.54. The molecule has 1 aliphatic heterocycles. The fraction of sp³-hybridized carbons (Fsp3) is 0.320. The normalized spacial score (nSPS) is 26.1. The van der Waals surface area contributed by atoms with Crippen LogP contribution in [0.4, 0.5) is 0 Å². The van der Waals surface area contributed by atoms with Crippen molar-refractivity contribution < 1.29 is 19.1 Å². The van der Waals surface area contributed by atoms with Gasteiger partial charge in [-0.25, -0.2) is 0 Å². The Kier molecular flexibility index (Phi) is 5.59. The molecule has 4 atom stereocenters. The number of methoxy groups -OCH3 is 1. The zero-order chi connectivity index (χ0) is 22.2. The van der Waals surface area contributed by atoms with Gasteiger partial charge in [-0.15, -0.1) is 0 Å². The van der Waals surface area contributed by atoms with Crippen molar-refractivity contribution in [2.45, 2.75) is 19.4 Å². The van der Waals surface area contributed by atoms with E-state index in [0.29, 0.717) is 18.1 Å². The third kappa shape index (κ3) is 3.75. The average Bonchev–Trinajstić information content (AvgIpc) is 3.10. The van der Waals surface area contributed by atoms with Crippen molar-refractivity contribution >= 4 is 34.0 Å². The molecule has 2 aromatic carbocycles. The van der Waals surface area contributed by atoms with Crippen LogP contribution in [0.2, 0.25) is 0 Å². The average molecular weight is 495 g/mol. The Bertz CT molecular complexity index is 1080. The molecule has 6 nitrogen and oxygen atoms in total. The predicted molar refractivity (Wildman–Crippen MR) is 123 cm³/mol. The third-order valence-electron chi connectivity index (χ3n) is 6.55. The lowest BCUT2D eigenvalue weighted by atomic mass is 9.63. The number of allylic oxidation sites excluding steroid dienone is 2. The van der Waals surface area contributed by atoms with E-state index in [1.54, 1.807) is 19.2 Å². The third-order valence-corrected chi connectivity index (χ3v) is 7.08. The Labute approximate surface area is 195 Å². The number of amides is 2. The number of imide groups is 1. The summed E-state index contributed by atoms with van der Waals surface area (Å²) in [6.07, 6.45) is 7.68. The van der Waals surface area contributed by atoms with Crippen LogP contribution in [0.25, 0.3) is 0 Å². The molecule has 2 fully saturated rings. The lowest BCUT2D eigenvalue weighted by Crippen LogP contribution is -2.38. The highest BCUT2D eigenvalue weighted by atomic mass is 79.9. The highest BCUT2D eigenvalue weighted by Crippen LogP contribution is 2.49. The van der Waals surface area contributed by atoms with Crippen molar-refractivity contribution in [3.8, 4) is 11.5 Å². The Hall–Kier alpha value is -2.93. The topological polar surface area (TPSA) is 68.2 Å². The molecule has 2 bridgehead atoms. The van der Waals surface area contributed by atoms with Gasteiger partial charge in [-0.2, -0.15) is 10.1 Å². The number of nitrogens with zero attached hydrogens (tertiary/aromatic N) is 2. The number of carbonyl (C=O) groups excluding carboxylic acids is 2. The van der Waals surface area contributed by atoms with E-state index in [1.165, 1.54) is 6.21 Å². The SMILES string of the molecule is COc1cc(/C=N\N2C(=O)[C@H]3[C@H](C2=O)[C@H]2C=C[C@H]3CC2)ccc1OCc1ccc(Br)cc1. The van der Waals surface area contributed by atoms with Gasteiger partial charge >= 0.3 is 0 Å². The fourth-order valence-corrected chi connectivity index (χ4v) is 5.19. The first-order valence-electron chi connectivity index (χ1n) is 10.7. The quantitative estimate of drug-likeness (QED) is 0.335. The first-order chi connectivity index (χ1) is 15.5. The number of fused-ring (bicyclic) bond motifs is 1. The van der Waals surface area contributed by atoms with Crippen molar-refractivity contribution in [1.29, 1.82) is 0 Å². The minimum absolute atomic E-state index is 0.156. The van der Waals surface area contributed by atoms with E-state index in [0.717, 1.165) is 33.5 Å². The Morgan fingerprint density at radius 1 is 1.00 bits per heavy atom. The molecule has 164 valence electrons. The number of hydrogen-bond donors (Lipinski definition) is 0. The standard InChI is InChI=1S/C25H23BrN2O4/c1-31-21-12-16(4-11-20(21)32-14-15-2-9-19(26)10-3-15)13-27-28-24(29)22-17-5-6-18(8-7-17)23(22)25(28)30/h2-6,9-13,17-18,22-23H,7-8,14H2,1H3/b27-13-/t17-,18-,22+,23+/m0/s1. The van der Waals surface area contributed by atoms with Gasteiger partial charge in [0.1, 0.15) is 6.61 Å². The maximum Gasteiger partial charge on any atom is 0.254 e. The van der Waals surface area contributed by atoms with E-state index in [9.17, 15) is 9.59 Å². The molecular weight excluding hydrogens is 472 g/mol. The van der Waals surface area contributed by atoms with Crippen molar-refractivity contribution in [3.05, 3.63) is 70.2 Å². The van der Waals surface area contributed by atoms with Gasteiger partial charge in [0.25, 0.3) is 11.8 Å². The van der Waals surface area contributed by atoms with Crippen LogP contribution in [0.15, 0.2) is 64.2 Å². The predicted octanol–water partition coefficient (Wildman–Crippen LogP) is 4.57. The number of hydrazone groups is 1. The molecule has 32 heavy (non-hydrogen) atoms. The molecule has 1 heterocycles. The number of rotatable bonds is 6. The van der Waals surface area contributed by atoms with Crippen LogP contribution in [0.5, 0.6) is 11.5 Å². The van der Waals surface area contributed by atoms with Crippen LogP contribution in [0, 0.1) is 23.7 Å². The number of benzene rings is 2. The Balaban J connectivity index is 1.30. The minimum Gasteiger partial charge on any atom is -0.493 e. The number of hydrogen-bond acceptors (Lipinski definition) is 5. The summed E-state index contributed by atoms with van der Waals surface area (Å²) < 4.78 is 12.4. The lowest BCUT2D eigenvalue weighted by Gasteiger charge is -2.37. The monoisotopic (exact) mass is 494 g/mol. The molecule has 1 saturated heterocycles. The first kappa shape index (κ1) is 20.9. The van der Waals surface area contributed by atoms with Crippen LogP contribution in [0.3, 0.4) is 0 Å². The van der Waals surface area contributed by atoms with E-state index < -0.39 is 0 Å². The molecular formula is C25H23BrN2O4. The maximum absolute atomic E-state index is 12.9. The van der Waals surface area contributed by atoms with E-state index in [1.807, 2.05) is 30.3 Å². The van der Waals surface area contributed by atoms with Gasteiger partial charge in [0.2, 0.25) is 0 Å². The number of ether oxygens (including phenoxy) is 2. The van der Waals surface area contributed by atoms with Crippen molar-refractivity contribution in [1.82, 2.24) is 5.01 Å². The minimum atomic E-state index is -0.257. The van der Waals surface area contributed by atoms with Crippen LogP contribution in [0.1, 0.15) is 24.0 Å². The van der Waals surface area contributed by atoms with Gasteiger partial charge in [-0.1, -0.05) is 40.2 Å². The van der Waals surface area contributed by atoms with Gasteiger partial charge in [0, 0.05) is 4.47 Å². The van der Waals surface area contributed by atoms with Crippen molar-refractivity contribution in [2.75, 3.05) is 7.11 Å². The molecule has 2 amide bonds. The zero-order valence-corrected chi connectivity index (χ0v) is 19.2. The van der Waals surface area contributed by atoms with Crippen molar-refractivity contribution in [3.63, 3.8) is 0 Å². The molecule has 4 aliphatic rings. The summed E-state index contributed by atoms with van der Waals surface area (Å²) in [4.78, 5) is 25.8. The fourth-order valence-electron chi connectivity index (χ4n) is 4.92. The summed E-state index contributed by atoms with van der Waals surface area (Å²) in [7, 11) is 1.57. The van der Waals surface area contributed by atoms with Gasteiger partial charge in [0.05, 0.1) is 25.2 Å². The Morgan fingerprint density at radius 3 is 2.25 bits per heavy atom. The first-order valence-corrected chi connectivity index (χ1v) is 11.5. The molecule has 2 aromatic rings. The zero-order valence-electron chi connectivity index (χ0n) is 17.6.